The smallest absolute Gasteiger partial charge is 0.317 e. The largest absolute Gasteiger partial charge is 0.507 e. The minimum absolute atomic E-state index is 0.0403. The molecule has 9 heteroatoms. The lowest BCUT2D eigenvalue weighted by Crippen LogP contribution is -2.40. The number of phenolic OH excluding ortho intramolecular Hbond substituents is 2. The van der Waals surface area contributed by atoms with Crippen LogP contribution in [-0.4, -0.2) is 76.0 Å². The van der Waals surface area contributed by atoms with Crippen LogP contribution in [0.3, 0.4) is 0 Å². The fourth-order valence-electron chi connectivity index (χ4n) is 4.03. The van der Waals surface area contributed by atoms with E-state index in [1.807, 2.05) is 11.9 Å². The number of aliphatic hydroxyl groups is 1. The van der Waals surface area contributed by atoms with Crippen LogP contribution in [-0.2, 0) is 11.3 Å². The summed E-state index contributed by atoms with van der Waals surface area (Å²) in [7, 11) is 3.41. The molecule has 1 fully saturated rings. The zero-order valence-electron chi connectivity index (χ0n) is 16.7. The molecule has 2 heterocycles. The monoisotopic (exact) mass is 406 g/mol. The van der Waals surface area contributed by atoms with Gasteiger partial charge in [0, 0.05) is 30.6 Å². The number of fused-ring (bicyclic) bond motifs is 1. The third kappa shape index (κ3) is 4.07. The van der Waals surface area contributed by atoms with Gasteiger partial charge in [0.05, 0.1) is 18.2 Å². The van der Waals surface area contributed by atoms with Crippen LogP contribution >= 0.6 is 0 Å². The summed E-state index contributed by atoms with van der Waals surface area (Å²) in [5, 5.41) is 41.4. The molecular weight excluding hydrogens is 380 g/mol. The van der Waals surface area contributed by atoms with E-state index in [1.165, 1.54) is 18.0 Å². The van der Waals surface area contributed by atoms with E-state index in [0.717, 1.165) is 0 Å². The average Bonchev–Trinajstić information content (AvgIpc) is 2.59. The molecule has 0 bridgehead atoms. The summed E-state index contributed by atoms with van der Waals surface area (Å²) in [4.78, 5) is 27.0. The molecule has 0 saturated carbocycles. The van der Waals surface area contributed by atoms with E-state index < -0.39 is 29.2 Å². The molecule has 0 amide bonds. The van der Waals surface area contributed by atoms with Gasteiger partial charge in [0.1, 0.15) is 28.2 Å². The van der Waals surface area contributed by atoms with Crippen LogP contribution in [0.2, 0.25) is 0 Å². The lowest BCUT2D eigenvalue weighted by atomic mass is 9.84. The topological polar surface area (TPSA) is 135 Å². The van der Waals surface area contributed by atoms with Crippen molar-refractivity contribution < 1.29 is 29.6 Å². The van der Waals surface area contributed by atoms with Crippen molar-refractivity contribution in [1.29, 1.82) is 0 Å². The van der Waals surface area contributed by atoms with Gasteiger partial charge < -0.3 is 29.7 Å². The molecule has 0 aliphatic carbocycles. The quantitative estimate of drug-likeness (QED) is 0.569. The minimum atomic E-state index is -1.06. The first-order valence-electron chi connectivity index (χ1n) is 9.38. The van der Waals surface area contributed by atoms with E-state index in [9.17, 15) is 24.9 Å². The van der Waals surface area contributed by atoms with E-state index >= 15 is 0 Å². The molecule has 0 unspecified atom stereocenters. The molecule has 2 aromatic rings. The van der Waals surface area contributed by atoms with Crippen LogP contribution in [0, 0.1) is 6.92 Å². The highest BCUT2D eigenvalue weighted by Crippen LogP contribution is 2.45. The number of nitrogens with zero attached hydrogens (tertiary/aromatic N) is 2. The molecule has 9 nitrogen and oxygen atoms in total. The number of piperidine rings is 1. The van der Waals surface area contributed by atoms with Gasteiger partial charge in [-0.25, -0.2) is 0 Å². The van der Waals surface area contributed by atoms with E-state index in [2.05, 4.69) is 0 Å². The number of rotatable bonds is 5. The third-order valence-corrected chi connectivity index (χ3v) is 5.37. The maximum atomic E-state index is 12.6. The molecule has 1 saturated heterocycles. The first-order valence-corrected chi connectivity index (χ1v) is 9.38. The van der Waals surface area contributed by atoms with Gasteiger partial charge >= 0.3 is 5.97 Å². The van der Waals surface area contributed by atoms with Gasteiger partial charge in [-0.05, 0) is 34.0 Å². The zero-order chi connectivity index (χ0) is 21.5. The molecular formula is C20H26N2O7. The van der Waals surface area contributed by atoms with Crippen LogP contribution in [0.4, 0.5) is 0 Å². The standard InChI is InChI=1S/C20H26N2O7/c1-10-6-13(23)17-19(28)12(7-22(3)9-15(25)26)18(27)16(20(17)29-10)11-4-5-21(2)8-14(11)24/h6,11,14,24,27-28H,4-5,7-9H2,1-3H3,(H,25,26)/t11-,14+/m0/s1. The SMILES string of the molecule is Cc1cc(=O)c2c(O)c(CN(C)CC(=O)O)c(O)c([C@H]3CCN(C)C[C@H]3O)c2o1. The second kappa shape index (κ2) is 8.02. The first kappa shape index (κ1) is 21.1. The Labute approximate surface area is 167 Å². The van der Waals surface area contributed by atoms with Crippen LogP contribution in [0.25, 0.3) is 11.0 Å². The Morgan fingerprint density at radius 1 is 1.34 bits per heavy atom. The molecule has 1 aromatic heterocycles. The number of likely N-dealkylation sites (N-methyl/N-ethyl adjacent to an activating group) is 2. The zero-order valence-corrected chi connectivity index (χ0v) is 16.7. The fraction of sp³-hybridized carbons (Fsp3) is 0.500. The number of aryl methyl sites for hydroxylation is 1. The molecule has 4 N–H and O–H groups in total. The summed E-state index contributed by atoms with van der Waals surface area (Å²) in [5.74, 6) is -1.96. The Hall–Kier alpha value is -2.62. The third-order valence-electron chi connectivity index (χ3n) is 5.37. The number of carbonyl (C=O) groups is 1. The average molecular weight is 406 g/mol. The number of aliphatic hydroxyl groups excluding tert-OH is 1. The molecule has 3 rings (SSSR count). The second-order valence-corrected chi connectivity index (χ2v) is 7.81. The van der Waals surface area contributed by atoms with Crippen LogP contribution in [0.1, 0.15) is 29.2 Å². The van der Waals surface area contributed by atoms with E-state index in [-0.39, 0.29) is 40.9 Å². The summed E-state index contributed by atoms with van der Waals surface area (Å²) in [6, 6.07) is 1.25. The first-order chi connectivity index (χ1) is 13.6. The Balaban J connectivity index is 2.25. The number of likely N-dealkylation sites (tertiary alicyclic amines) is 1. The number of aromatic hydroxyl groups is 2. The van der Waals surface area contributed by atoms with Gasteiger partial charge in [-0.2, -0.15) is 0 Å². The molecule has 158 valence electrons. The Morgan fingerprint density at radius 2 is 2.03 bits per heavy atom. The highest BCUT2D eigenvalue weighted by atomic mass is 16.4. The number of phenols is 2. The van der Waals surface area contributed by atoms with Crippen molar-refractivity contribution in [1.82, 2.24) is 9.80 Å². The lowest BCUT2D eigenvalue weighted by Gasteiger charge is -2.34. The van der Waals surface area contributed by atoms with Crippen LogP contribution in [0.15, 0.2) is 15.3 Å². The maximum Gasteiger partial charge on any atom is 0.317 e. The molecule has 1 aliphatic rings. The summed E-state index contributed by atoms with van der Waals surface area (Å²) < 4.78 is 5.74. The Bertz CT molecular complexity index is 1000. The van der Waals surface area contributed by atoms with Gasteiger partial charge in [-0.15, -0.1) is 0 Å². The summed E-state index contributed by atoms with van der Waals surface area (Å²) in [6.07, 6.45) is -0.282. The van der Waals surface area contributed by atoms with Gasteiger partial charge in [-0.1, -0.05) is 0 Å². The summed E-state index contributed by atoms with van der Waals surface area (Å²) >= 11 is 0. The van der Waals surface area contributed by atoms with Crippen molar-refractivity contribution in [2.45, 2.75) is 31.9 Å². The normalized spacial score (nSPS) is 20.4. The lowest BCUT2D eigenvalue weighted by molar-refractivity contribution is -0.138. The molecule has 1 aromatic carbocycles. The summed E-state index contributed by atoms with van der Waals surface area (Å²) in [5.41, 5.74) is -0.0910. The number of benzene rings is 1. The Kier molecular flexibility index (Phi) is 5.83. The molecule has 0 radical (unpaired) electrons. The van der Waals surface area contributed by atoms with Gasteiger partial charge in [0.15, 0.2) is 5.43 Å². The predicted molar refractivity (Wildman–Crippen MR) is 105 cm³/mol. The van der Waals surface area contributed by atoms with Crippen LogP contribution < -0.4 is 5.43 Å². The number of carboxylic acid groups (broad SMARTS) is 1. The van der Waals surface area contributed by atoms with E-state index in [4.69, 9.17) is 9.52 Å². The maximum absolute atomic E-state index is 12.6. The highest BCUT2D eigenvalue weighted by Gasteiger charge is 2.34. The van der Waals surface area contributed by atoms with Gasteiger partial charge in [0.25, 0.3) is 0 Å². The highest BCUT2D eigenvalue weighted by molar-refractivity contribution is 5.90. The van der Waals surface area contributed by atoms with Gasteiger partial charge in [0.2, 0.25) is 0 Å². The number of β-amino-alcohol motifs (C(OH)–C–C–N with tert-alkyl or cyclic N) is 1. The molecule has 2 atom stereocenters. The number of hydrogen-bond acceptors (Lipinski definition) is 8. The minimum Gasteiger partial charge on any atom is -0.507 e. The molecule has 29 heavy (non-hydrogen) atoms. The number of carboxylic acids is 1. The van der Waals surface area contributed by atoms with Crippen molar-refractivity contribution in [2.75, 3.05) is 33.7 Å². The molecule has 1 aliphatic heterocycles. The number of aliphatic carboxylic acids is 1. The van der Waals surface area contributed by atoms with Crippen molar-refractivity contribution >= 4 is 16.9 Å². The van der Waals surface area contributed by atoms with Crippen molar-refractivity contribution in [3.8, 4) is 11.5 Å². The van der Waals surface area contributed by atoms with Crippen molar-refractivity contribution in [3.05, 3.63) is 33.2 Å². The van der Waals surface area contributed by atoms with Crippen LogP contribution in [0.5, 0.6) is 11.5 Å². The van der Waals surface area contributed by atoms with Gasteiger partial charge in [-0.3, -0.25) is 14.5 Å². The summed E-state index contributed by atoms with van der Waals surface area (Å²) in [6.45, 7) is 2.25. The second-order valence-electron chi connectivity index (χ2n) is 7.81. The van der Waals surface area contributed by atoms with Crippen molar-refractivity contribution in [3.63, 3.8) is 0 Å². The van der Waals surface area contributed by atoms with E-state index in [0.29, 0.717) is 25.3 Å². The van der Waals surface area contributed by atoms with Crippen molar-refractivity contribution in [2.24, 2.45) is 0 Å². The molecule has 0 spiro atoms. The Morgan fingerprint density at radius 3 is 2.66 bits per heavy atom. The predicted octanol–water partition coefficient (Wildman–Crippen LogP) is 0.809. The number of hydrogen-bond donors (Lipinski definition) is 4. The van der Waals surface area contributed by atoms with E-state index in [1.54, 1.807) is 6.92 Å². The fourth-order valence-corrected chi connectivity index (χ4v) is 4.03.